The van der Waals surface area contributed by atoms with Crippen LogP contribution in [-0.2, 0) is 6.42 Å². The monoisotopic (exact) mass is 221 g/mol. The highest BCUT2D eigenvalue weighted by molar-refractivity contribution is 5.94. The molecule has 0 radical (unpaired) electrons. The van der Waals surface area contributed by atoms with Gasteiger partial charge < -0.3 is 10.1 Å². The van der Waals surface area contributed by atoms with Crippen molar-refractivity contribution in [2.24, 2.45) is 0 Å². The molecule has 0 saturated heterocycles. The van der Waals surface area contributed by atoms with E-state index in [1.807, 2.05) is 26.0 Å². The summed E-state index contributed by atoms with van der Waals surface area (Å²) in [6, 6.07) is 5.53. The molecule has 1 amide bonds. The molecule has 0 aliphatic carbocycles. The van der Waals surface area contributed by atoms with Gasteiger partial charge >= 0.3 is 0 Å². The molecule has 88 valence electrons. The van der Waals surface area contributed by atoms with Crippen LogP contribution in [0.2, 0.25) is 0 Å². The Labute approximate surface area is 96.8 Å². The topological polar surface area (TPSA) is 38.3 Å². The summed E-state index contributed by atoms with van der Waals surface area (Å²) in [6.45, 7) is 4.80. The van der Waals surface area contributed by atoms with Gasteiger partial charge in [-0.15, -0.1) is 0 Å². The van der Waals surface area contributed by atoms with Gasteiger partial charge in [0.15, 0.2) is 0 Å². The minimum Gasteiger partial charge on any atom is -0.496 e. The van der Waals surface area contributed by atoms with Crippen LogP contribution < -0.4 is 10.1 Å². The zero-order valence-electron chi connectivity index (χ0n) is 10.2. The third kappa shape index (κ3) is 2.99. The van der Waals surface area contributed by atoms with Gasteiger partial charge in [0.25, 0.3) is 5.91 Å². The van der Waals surface area contributed by atoms with Gasteiger partial charge in [0.05, 0.1) is 7.11 Å². The van der Waals surface area contributed by atoms with E-state index in [-0.39, 0.29) is 5.91 Å². The molecule has 0 fully saturated rings. The molecule has 0 unspecified atom stereocenters. The van der Waals surface area contributed by atoms with Gasteiger partial charge in [-0.2, -0.15) is 0 Å². The summed E-state index contributed by atoms with van der Waals surface area (Å²) >= 11 is 0. The quantitative estimate of drug-likeness (QED) is 0.829. The second kappa shape index (κ2) is 6.16. The van der Waals surface area contributed by atoms with E-state index in [1.54, 1.807) is 13.2 Å². The summed E-state index contributed by atoms with van der Waals surface area (Å²) in [6.07, 6.45) is 1.81. The molecule has 1 N–H and O–H groups in total. The Kier molecular flexibility index (Phi) is 4.83. The maximum atomic E-state index is 11.7. The minimum atomic E-state index is -0.0146. The van der Waals surface area contributed by atoms with Crippen LogP contribution >= 0.6 is 0 Å². The van der Waals surface area contributed by atoms with Crippen LogP contribution in [-0.4, -0.2) is 19.6 Å². The van der Waals surface area contributed by atoms with Gasteiger partial charge in [0.1, 0.15) is 5.75 Å². The van der Waals surface area contributed by atoms with E-state index < -0.39 is 0 Å². The number of hydrogen-bond donors (Lipinski definition) is 1. The largest absolute Gasteiger partial charge is 0.496 e. The maximum absolute atomic E-state index is 11.7. The highest BCUT2D eigenvalue weighted by Crippen LogP contribution is 2.20. The zero-order chi connectivity index (χ0) is 12.0. The predicted molar refractivity (Wildman–Crippen MR) is 65.0 cm³/mol. The number of nitrogens with one attached hydrogen (secondary N) is 1. The van der Waals surface area contributed by atoms with E-state index in [0.717, 1.165) is 24.2 Å². The first-order chi connectivity index (χ1) is 7.72. The smallest absolute Gasteiger partial charge is 0.251 e. The molecule has 0 bridgehead atoms. The molecular formula is C13H19NO2. The molecule has 3 nitrogen and oxygen atoms in total. The van der Waals surface area contributed by atoms with Crippen molar-refractivity contribution in [2.75, 3.05) is 13.7 Å². The summed E-state index contributed by atoms with van der Waals surface area (Å²) in [4.78, 5) is 11.7. The van der Waals surface area contributed by atoms with Gasteiger partial charge in [0.2, 0.25) is 0 Å². The van der Waals surface area contributed by atoms with E-state index in [2.05, 4.69) is 5.32 Å². The van der Waals surface area contributed by atoms with Crippen molar-refractivity contribution in [1.82, 2.24) is 5.32 Å². The molecule has 16 heavy (non-hydrogen) atoms. The summed E-state index contributed by atoms with van der Waals surface area (Å²) < 4.78 is 5.22. The number of aryl methyl sites for hydroxylation is 1. The number of hydrogen-bond acceptors (Lipinski definition) is 2. The Hall–Kier alpha value is -1.51. The van der Waals surface area contributed by atoms with Crippen molar-refractivity contribution >= 4 is 5.91 Å². The lowest BCUT2D eigenvalue weighted by atomic mass is 10.1. The average molecular weight is 221 g/mol. The van der Waals surface area contributed by atoms with Crippen molar-refractivity contribution in [3.8, 4) is 5.75 Å². The number of methoxy groups -OCH3 is 1. The molecule has 0 heterocycles. The average Bonchev–Trinajstić information content (AvgIpc) is 2.34. The lowest BCUT2D eigenvalue weighted by Gasteiger charge is -2.09. The molecule has 1 aromatic carbocycles. The van der Waals surface area contributed by atoms with Crippen LogP contribution in [0.25, 0.3) is 0 Å². The standard InChI is InChI=1S/C13H19NO2/c1-4-8-14-13(15)11-6-7-12(16-3)10(5-2)9-11/h6-7,9H,4-5,8H2,1-3H3,(H,14,15). The van der Waals surface area contributed by atoms with Crippen LogP contribution in [0.15, 0.2) is 18.2 Å². The summed E-state index contributed by atoms with van der Waals surface area (Å²) in [7, 11) is 1.64. The van der Waals surface area contributed by atoms with Gasteiger partial charge in [0, 0.05) is 12.1 Å². The molecule has 0 aromatic heterocycles. The Balaban J connectivity index is 2.85. The second-order valence-corrected chi connectivity index (χ2v) is 3.64. The summed E-state index contributed by atoms with van der Waals surface area (Å²) in [5.41, 5.74) is 1.76. The lowest BCUT2D eigenvalue weighted by Crippen LogP contribution is -2.24. The Morgan fingerprint density at radius 1 is 1.38 bits per heavy atom. The van der Waals surface area contributed by atoms with E-state index in [4.69, 9.17) is 4.74 Å². The van der Waals surface area contributed by atoms with Crippen LogP contribution in [0, 0.1) is 0 Å². The van der Waals surface area contributed by atoms with E-state index in [1.165, 1.54) is 0 Å². The summed E-state index contributed by atoms with van der Waals surface area (Å²) in [5.74, 6) is 0.828. The van der Waals surface area contributed by atoms with Gasteiger partial charge in [-0.05, 0) is 36.6 Å². The van der Waals surface area contributed by atoms with E-state index in [0.29, 0.717) is 12.1 Å². The number of carbonyl (C=O) groups excluding carboxylic acids is 1. The highest BCUT2D eigenvalue weighted by atomic mass is 16.5. The SMILES string of the molecule is CCCNC(=O)c1ccc(OC)c(CC)c1. The Bertz CT molecular complexity index is 361. The number of rotatable bonds is 5. The third-order valence-electron chi connectivity index (χ3n) is 2.46. The highest BCUT2D eigenvalue weighted by Gasteiger charge is 2.08. The fraction of sp³-hybridized carbons (Fsp3) is 0.462. The fourth-order valence-electron chi connectivity index (χ4n) is 1.54. The van der Waals surface area contributed by atoms with E-state index in [9.17, 15) is 4.79 Å². The van der Waals surface area contributed by atoms with Gasteiger partial charge in [-0.3, -0.25) is 4.79 Å². The lowest BCUT2D eigenvalue weighted by molar-refractivity contribution is 0.0953. The molecule has 0 saturated carbocycles. The number of amides is 1. The van der Waals surface area contributed by atoms with Crippen molar-refractivity contribution < 1.29 is 9.53 Å². The van der Waals surface area contributed by atoms with Gasteiger partial charge in [-0.25, -0.2) is 0 Å². The molecular weight excluding hydrogens is 202 g/mol. The van der Waals surface area contributed by atoms with E-state index >= 15 is 0 Å². The van der Waals surface area contributed by atoms with Crippen molar-refractivity contribution in [1.29, 1.82) is 0 Å². The van der Waals surface area contributed by atoms with Crippen LogP contribution in [0.3, 0.4) is 0 Å². The zero-order valence-corrected chi connectivity index (χ0v) is 10.2. The normalized spacial score (nSPS) is 9.94. The van der Waals surface area contributed by atoms with Crippen molar-refractivity contribution in [2.45, 2.75) is 26.7 Å². The molecule has 0 atom stereocenters. The van der Waals surface area contributed by atoms with Crippen LogP contribution in [0.4, 0.5) is 0 Å². The first-order valence-corrected chi connectivity index (χ1v) is 5.68. The molecule has 0 aliphatic heterocycles. The Morgan fingerprint density at radius 2 is 2.12 bits per heavy atom. The number of ether oxygens (including phenoxy) is 1. The maximum Gasteiger partial charge on any atom is 0.251 e. The minimum absolute atomic E-state index is 0.0146. The van der Waals surface area contributed by atoms with Crippen LogP contribution in [0.5, 0.6) is 5.75 Å². The number of benzene rings is 1. The molecule has 3 heteroatoms. The first kappa shape index (κ1) is 12.6. The molecule has 1 rings (SSSR count). The van der Waals surface area contributed by atoms with Gasteiger partial charge in [-0.1, -0.05) is 13.8 Å². The van der Waals surface area contributed by atoms with Crippen LogP contribution in [0.1, 0.15) is 36.2 Å². The molecule has 0 spiro atoms. The number of carbonyl (C=O) groups is 1. The fourth-order valence-corrected chi connectivity index (χ4v) is 1.54. The second-order valence-electron chi connectivity index (χ2n) is 3.64. The van der Waals surface area contributed by atoms with Crippen molar-refractivity contribution in [3.05, 3.63) is 29.3 Å². The Morgan fingerprint density at radius 3 is 2.69 bits per heavy atom. The third-order valence-corrected chi connectivity index (χ3v) is 2.46. The first-order valence-electron chi connectivity index (χ1n) is 5.68. The summed E-state index contributed by atoms with van der Waals surface area (Å²) in [5, 5.41) is 2.86. The van der Waals surface area contributed by atoms with Crippen molar-refractivity contribution in [3.63, 3.8) is 0 Å². The molecule has 1 aromatic rings. The predicted octanol–water partition coefficient (Wildman–Crippen LogP) is 2.40. The molecule has 0 aliphatic rings.